The second-order valence-electron chi connectivity index (χ2n) is 5.83. The van der Waals surface area contributed by atoms with Crippen LogP contribution in [0.1, 0.15) is 32.6 Å². The van der Waals surface area contributed by atoms with Gasteiger partial charge in [-0.1, -0.05) is 13.3 Å². The molecule has 2 atom stereocenters. The van der Waals surface area contributed by atoms with Crippen molar-refractivity contribution in [3.63, 3.8) is 0 Å². The molecule has 20 heavy (non-hydrogen) atoms. The number of hydrogen-bond donors (Lipinski definition) is 1. The largest absolute Gasteiger partial charge is 0.379 e. The quantitative estimate of drug-likeness (QED) is 0.914. The molecule has 0 aliphatic carbocycles. The van der Waals surface area contributed by atoms with E-state index in [9.17, 15) is 0 Å². The average Bonchev–Trinajstić information content (AvgIpc) is 2.98. The topological polar surface area (TPSA) is 50.3 Å². The molecular formula is C15H24N4O. The van der Waals surface area contributed by atoms with E-state index in [-0.39, 0.29) is 0 Å². The number of anilines is 2. The van der Waals surface area contributed by atoms with Crippen molar-refractivity contribution in [1.82, 2.24) is 9.97 Å². The normalized spacial score (nSPS) is 26.8. The number of aromatic nitrogens is 2. The molecule has 0 amide bonds. The van der Waals surface area contributed by atoms with Crippen molar-refractivity contribution in [3.8, 4) is 0 Å². The van der Waals surface area contributed by atoms with Crippen LogP contribution >= 0.6 is 0 Å². The van der Waals surface area contributed by atoms with E-state index in [2.05, 4.69) is 33.2 Å². The highest BCUT2D eigenvalue weighted by atomic mass is 16.5. The summed E-state index contributed by atoms with van der Waals surface area (Å²) in [7, 11) is 0. The van der Waals surface area contributed by atoms with Crippen molar-refractivity contribution >= 4 is 11.6 Å². The minimum atomic E-state index is 0.383. The molecule has 0 spiro atoms. The van der Waals surface area contributed by atoms with Crippen LogP contribution in [0.25, 0.3) is 0 Å². The molecule has 0 aromatic carbocycles. The predicted molar refractivity (Wildman–Crippen MR) is 80.1 cm³/mol. The van der Waals surface area contributed by atoms with Gasteiger partial charge in [0.2, 0.25) is 0 Å². The molecule has 0 bridgehead atoms. The minimum Gasteiger partial charge on any atom is -0.379 e. The molecule has 1 aromatic heterocycles. The van der Waals surface area contributed by atoms with Crippen molar-refractivity contribution in [3.05, 3.63) is 12.4 Å². The van der Waals surface area contributed by atoms with Crippen molar-refractivity contribution in [1.29, 1.82) is 0 Å². The van der Waals surface area contributed by atoms with Gasteiger partial charge in [0.05, 0.1) is 12.6 Å². The van der Waals surface area contributed by atoms with Gasteiger partial charge in [-0.15, -0.1) is 0 Å². The van der Waals surface area contributed by atoms with Gasteiger partial charge < -0.3 is 15.0 Å². The smallest absolute Gasteiger partial charge is 0.134 e. The number of nitrogens with one attached hydrogen (secondary N) is 1. The summed E-state index contributed by atoms with van der Waals surface area (Å²) in [6.45, 7) is 6.17. The molecule has 110 valence electrons. The van der Waals surface area contributed by atoms with E-state index in [1.54, 1.807) is 6.33 Å². The van der Waals surface area contributed by atoms with Crippen LogP contribution in [0.2, 0.25) is 0 Å². The van der Waals surface area contributed by atoms with Crippen LogP contribution in [0, 0.1) is 5.92 Å². The van der Waals surface area contributed by atoms with Gasteiger partial charge in [0.15, 0.2) is 0 Å². The fraction of sp³-hybridized carbons (Fsp3) is 0.733. The lowest BCUT2D eigenvalue weighted by Crippen LogP contribution is -2.30. The van der Waals surface area contributed by atoms with Gasteiger partial charge in [0.1, 0.15) is 18.0 Å². The van der Waals surface area contributed by atoms with Gasteiger partial charge in [-0.25, -0.2) is 9.97 Å². The fourth-order valence-corrected chi connectivity index (χ4v) is 3.04. The molecular weight excluding hydrogens is 252 g/mol. The zero-order chi connectivity index (χ0) is 13.8. The molecule has 2 saturated heterocycles. The van der Waals surface area contributed by atoms with Crippen LogP contribution in [0.3, 0.4) is 0 Å². The summed E-state index contributed by atoms with van der Waals surface area (Å²) in [5, 5.41) is 3.47. The number of nitrogens with zero attached hydrogens (tertiary/aromatic N) is 3. The number of ether oxygens (including phenoxy) is 1. The van der Waals surface area contributed by atoms with Crippen LogP contribution < -0.4 is 10.2 Å². The summed E-state index contributed by atoms with van der Waals surface area (Å²) in [5.74, 6) is 2.79. The first-order valence-electron chi connectivity index (χ1n) is 7.76. The Morgan fingerprint density at radius 1 is 1.40 bits per heavy atom. The van der Waals surface area contributed by atoms with E-state index in [0.29, 0.717) is 6.04 Å². The Balaban J connectivity index is 1.63. The first kappa shape index (κ1) is 13.6. The molecule has 2 aliphatic heterocycles. The van der Waals surface area contributed by atoms with E-state index < -0.39 is 0 Å². The first-order valence-corrected chi connectivity index (χ1v) is 7.76. The Morgan fingerprint density at radius 2 is 2.35 bits per heavy atom. The zero-order valence-electron chi connectivity index (χ0n) is 12.2. The number of rotatable bonds is 4. The summed E-state index contributed by atoms with van der Waals surface area (Å²) in [5.41, 5.74) is 0. The Labute approximate surface area is 120 Å². The van der Waals surface area contributed by atoms with Gasteiger partial charge >= 0.3 is 0 Å². The highest BCUT2D eigenvalue weighted by Gasteiger charge is 2.22. The molecule has 1 N–H and O–H groups in total. The van der Waals surface area contributed by atoms with Crippen LogP contribution in [0.4, 0.5) is 11.6 Å². The third kappa shape index (κ3) is 3.20. The molecule has 2 aliphatic rings. The molecule has 2 unspecified atom stereocenters. The van der Waals surface area contributed by atoms with Crippen molar-refractivity contribution in [2.24, 2.45) is 5.92 Å². The van der Waals surface area contributed by atoms with Crippen LogP contribution in [0.15, 0.2) is 12.4 Å². The number of hydrogen-bond acceptors (Lipinski definition) is 5. The monoisotopic (exact) mass is 276 g/mol. The summed E-state index contributed by atoms with van der Waals surface area (Å²) in [6, 6.07) is 2.46. The van der Waals surface area contributed by atoms with E-state index in [0.717, 1.165) is 56.7 Å². The fourth-order valence-electron chi connectivity index (χ4n) is 3.04. The highest BCUT2D eigenvalue weighted by Crippen LogP contribution is 2.25. The maximum Gasteiger partial charge on any atom is 0.134 e. The predicted octanol–water partition coefficient (Wildman–Crippen LogP) is 2.30. The van der Waals surface area contributed by atoms with Gasteiger partial charge in [-0.2, -0.15) is 0 Å². The van der Waals surface area contributed by atoms with Gasteiger partial charge in [-0.3, -0.25) is 0 Å². The van der Waals surface area contributed by atoms with E-state index >= 15 is 0 Å². The van der Waals surface area contributed by atoms with E-state index in [4.69, 9.17) is 4.74 Å². The Morgan fingerprint density at radius 3 is 3.10 bits per heavy atom. The highest BCUT2D eigenvalue weighted by molar-refractivity contribution is 5.49. The average molecular weight is 276 g/mol. The summed E-state index contributed by atoms with van der Waals surface area (Å²) < 4.78 is 5.50. The summed E-state index contributed by atoms with van der Waals surface area (Å²) >= 11 is 0. The standard InChI is InChI=1S/C15H24N4O/c1-2-12-5-6-19(9-12)15-8-14(16-11-17-15)18-13-4-3-7-20-10-13/h8,11-13H,2-7,9-10H2,1H3,(H,16,17,18). The van der Waals surface area contributed by atoms with Gasteiger partial charge in [0.25, 0.3) is 0 Å². The Kier molecular flexibility index (Phi) is 4.35. The van der Waals surface area contributed by atoms with Crippen LogP contribution in [-0.2, 0) is 4.74 Å². The minimum absolute atomic E-state index is 0.383. The molecule has 0 saturated carbocycles. The Bertz CT molecular complexity index is 434. The molecule has 2 fully saturated rings. The molecule has 5 nitrogen and oxygen atoms in total. The van der Waals surface area contributed by atoms with Crippen molar-refractivity contribution in [2.45, 2.75) is 38.6 Å². The zero-order valence-corrected chi connectivity index (χ0v) is 12.2. The lowest BCUT2D eigenvalue weighted by molar-refractivity contribution is 0.0875. The summed E-state index contributed by atoms with van der Waals surface area (Å²) in [4.78, 5) is 11.1. The third-order valence-corrected chi connectivity index (χ3v) is 4.35. The van der Waals surface area contributed by atoms with Crippen molar-refractivity contribution < 1.29 is 4.74 Å². The van der Waals surface area contributed by atoms with Crippen LogP contribution in [-0.4, -0.2) is 42.3 Å². The maximum absolute atomic E-state index is 5.50. The molecule has 1 aromatic rings. The second-order valence-corrected chi connectivity index (χ2v) is 5.83. The lowest BCUT2D eigenvalue weighted by atomic mass is 10.1. The lowest BCUT2D eigenvalue weighted by Gasteiger charge is -2.24. The van der Waals surface area contributed by atoms with E-state index in [1.807, 2.05) is 0 Å². The molecule has 5 heteroatoms. The molecule has 3 rings (SSSR count). The molecule has 0 radical (unpaired) electrons. The van der Waals surface area contributed by atoms with E-state index in [1.165, 1.54) is 12.8 Å². The van der Waals surface area contributed by atoms with Crippen LogP contribution in [0.5, 0.6) is 0 Å². The third-order valence-electron chi connectivity index (χ3n) is 4.35. The SMILES string of the molecule is CCC1CCN(c2cc(NC3CCCOC3)ncn2)C1. The summed E-state index contributed by atoms with van der Waals surface area (Å²) in [6.07, 6.45) is 6.48. The maximum atomic E-state index is 5.50. The first-order chi connectivity index (χ1) is 9.85. The van der Waals surface area contributed by atoms with Gasteiger partial charge in [0, 0.05) is 25.8 Å². The second kappa shape index (κ2) is 6.39. The molecule has 3 heterocycles. The van der Waals surface area contributed by atoms with Gasteiger partial charge in [-0.05, 0) is 25.2 Å². The Hall–Kier alpha value is -1.36. The van der Waals surface area contributed by atoms with Crippen molar-refractivity contribution in [2.75, 3.05) is 36.5 Å².